The van der Waals surface area contributed by atoms with Gasteiger partial charge in [-0.2, -0.15) is 13.2 Å². The first-order chi connectivity index (χ1) is 20.0. The molecule has 0 radical (unpaired) electrons. The highest BCUT2D eigenvalue weighted by Crippen LogP contribution is 2.37. The third-order valence-corrected chi connectivity index (χ3v) is 7.56. The van der Waals surface area contributed by atoms with Crippen LogP contribution in [0.15, 0.2) is 66.7 Å². The van der Waals surface area contributed by atoms with Gasteiger partial charge in [0.25, 0.3) is 5.91 Å². The van der Waals surface area contributed by atoms with Gasteiger partial charge < -0.3 is 15.7 Å². The normalized spacial score (nSPS) is 13.8. The van der Waals surface area contributed by atoms with Crippen LogP contribution < -0.4 is 15.5 Å². The van der Waals surface area contributed by atoms with E-state index in [9.17, 15) is 27.6 Å². The lowest BCUT2D eigenvalue weighted by Crippen LogP contribution is -2.34. The summed E-state index contributed by atoms with van der Waals surface area (Å²) in [5.41, 5.74) is 1.60. The molecular formula is C31H31ClF3N3O4. The third-order valence-electron chi connectivity index (χ3n) is 7.23. The molecule has 1 saturated carbocycles. The van der Waals surface area contributed by atoms with E-state index in [2.05, 4.69) is 10.6 Å². The maximum Gasteiger partial charge on any atom is 0.417 e. The lowest BCUT2D eigenvalue weighted by atomic mass is 9.84. The number of alkyl halides is 3. The number of benzene rings is 3. The van der Waals surface area contributed by atoms with Crippen LogP contribution >= 0.6 is 11.6 Å². The Morgan fingerprint density at radius 3 is 2.21 bits per heavy atom. The van der Waals surface area contributed by atoms with Gasteiger partial charge in [0.15, 0.2) is 0 Å². The largest absolute Gasteiger partial charge is 0.481 e. The van der Waals surface area contributed by atoms with Gasteiger partial charge in [-0.15, -0.1) is 0 Å². The molecule has 0 aliphatic heterocycles. The minimum absolute atomic E-state index is 0.0124. The molecule has 222 valence electrons. The zero-order chi connectivity index (χ0) is 30.3. The average molecular weight is 602 g/mol. The van der Waals surface area contributed by atoms with Crippen LogP contribution in [-0.4, -0.2) is 29.6 Å². The Kier molecular flexibility index (Phi) is 10.1. The first-order valence-corrected chi connectivity index (χ1v) is 14.0. The van der Waals surface area contributed by atoms with Gasteiger partial charge in [-0.1, -0.05) is 55.1 Å². The summed E-state index contributed by atoms with van der Waals surface area (Å²) in [6.07, 6.45) is 0.909. The summed E-state index contributed by atoms with van der Waals surface area (Å²) < 4.78 is 40.2. The molecule has 42 heavy (non-hydrogen) atoms. The maximum atomic E-state index is 13.5. The number of urea groups is 1. The summed E-state index contributed by atoms with van der Waals surface area (Å²) in [7, 11) is 0. The van der Waals surface area contributed by atoms with Crippen LogP contribution in [0.4, 0.5) is 29.3 Å². The van der Waals surface area contributed by atoms with Crippen molar-refractivity contribution in [1.82, 2.24) is 5.32 Å². The fourth-order valence-electron chi connectivity index (χ4n) is 4.98. The fraction of sp³-hybridized carbons (Fsp3) is 0.323. The maximum absolute atomic E-state index is 13.5. The number of carbonyl (C=O) groups is 3. The van der Waals surface area contributed by atoms with Crippen LogP contribution in [0.1, 0.15) is 71.5 Å². The number of amides is 3. The molecule has 0 spiro atoms. The minimum atomic E-state index is -4.69. The Morgan fingerprint density at radius 1 is 0.929 bits per heavy atom. The molecule has 7 nitrogen and oxygen atoms in total. The number of nitrogens with one attached hydrogen (secondary N) is 2. The molecule has 1 aliphatic rings. The molecule has 3 amide bonds. The van der Waals surface area contributed by atoms with Gasteiger partial charge >= 0.3 is 18.2 Å². The van der Waals surface area contributed by atoms with E-state index in [0.29, 0.717) is 22.7 Å². The summed E-state index contributed by atoms with van der Waals surface area (Å²) in [6, 6.07) is 16.6. The van der Waals surface area contributed by atoms with Gasteiger partial charge in [0.2, 0.25) is 0 Å². The highest BCUT2D eigenvalue weighted by atomic mass is 35.5. The predicted octanol–water partition coefficient (Wildman–Crippen LogP) is 7.85. The summed E-state index contributed by atoms with van der Waals surface area (Å²) in [4.78, 5) is 37.9. The van der Waals surface area contributed by atoms with E-state index >= 15 is 0 Å². The van der Waals surface area contributed by atoms with Crippen LogP contribution in [0.2, 0.25) is 5.02 Å². The monoisotopic (exact) mass is 601 g/mol. The van der Waals surface area contributed by atoms with Crippen molar-refractivity contribution in [2.24, 2.45) is 0 Å². The summed E-state index contributed by atoms with van der Waals surface area (Å²) in [5.74, 6) is -0.998. The van der Waals surface area contributed by atoms with Crippen molar-refractivity contribution >= 4 is 40.9 Å². The van der Waals surface area contributed by atoms with Crippen LogP contribution in [0.25, 0.3) is 0 Å². The van der Waals surface area contributed by atoms with E-state index in [1.807, 2.05) is 24.3 Å². The van der Waals surface area contributed by atoms with Crippen molar-refractivity contribution < 1.29 is 32.7 Å². The zero-order valence-electron chi connectivity index (χ0n) is 22.7. The molecule has 4 rings (SSSR count). The van der Waals surface area contributed by atoms with Crippen molar-refractivity contribution in [2.45, 2.75) is 57.2 Å². The summed E-state index contributed by atoms with van der Waals surface area (Å²) in [5, 5.41) is 13.4. The second-order valence-corrected chi connectivity index (χ2v) is 10.6. The van der Waals surface area contributed by atoms with E-state index < -0.39 is 34.7 Å². The van der Waals surface area contributed by atoms with E-state index in [1.165, 1.54) is 35.8 Å². The van der Waals surface area contributed by atoms with Crippen molar-refractivity contribution in [3.8, 4) is 0 Å². The third kappa shape index (κ3) is 8.25. The molecule has 11 heteroatoms. The molecule has 0 saturated heterocycles. The smallest absolute Gasteiger partial charge is 0.417 e. The lowest BCUT2D eigenvalue weighted by molar-refractivity contribution is -0.138. The highest BCUT2D eigenvalue weighted by Gasteiger charge is 2.33. The van der Waals surface area contributed by atoms with Crippen LogP contribution in [0.3, 0.4) is 0 Å². The number of rotatable bonds is 9. The summed E-state index contributed by atoms with van der Waals surface area (Å²) >= 11 is 5.74. The van der Waals surface area contributed by atoms with E-state index in [-0.39, 0.29) is 25.2 Å². The highest BCUT2D eigenvalue weighted by molar-refractivity contribution is 6.31. The molecule has 0 bridgehead atoms. The Bertz CT molecular complexity index is 1410. The van der Waals surface area contributed by atoms with E-state index in [0.717, 1.165) is 25.0 Å². The van der Waals surface area contributed by atoms with E-state index in [4.69, 9.17) is 16.7 Å². The quantitative estimate of drug-likeness (QED) is 0.233. The van der Waals surface area contributed by atoms with Gasteiger partial charge in [0, 0.05) is 23.5 Å². The SMILES string of the molecule is O=C(O)CCNC(=O)c1ccc(CN(C(=O)Nc2ccc(Cl)c(C(F)(F)F)c2)c2ccc(C3CCCCC3)cc2)cc1. The zero-order valence-corrected chi connectivity index (χ0v) is 23.5. The Hall–Kier alpha value is -4.05. The van der Waals surface area contributed by atoms with Gasteiger partial charge in [0.1, 0.15) is 0 Å². The average Bonchev–Trinajstić information content (AvgIpc) is 2.97. The predicted molar refractivity (Wildman–Crippen MR) is 155 cm³/mol. The minimum Gasteiger partial charge on any atom is -0.481 e. The summed E-state index contributed by atoms with van der Waals surface area (Å²) in [6.45, 7) is 0.0523. The number of hydrogen-bond donors (Lipinski definition) is 3. The van der Waals surface area contributed by atoms with Crippen molar-refractivity contribution in [1.29, 1.82) is 0 Å². The Balaban J connectivity index is 1.56. The van der Waals surface area contributed by atoms with Gasteiger partial charge in [-0.25, -0.2) is 4.79 Å². The first kappa shape index (κ1) is 30.9. The molecule has 0 aromatic heterocycles. The van der Waals surface area contributed by atoms with Crippen molar-refractivity contribution in [3.63, 3.8) is 0 Å². The molecular weight excluding hydrogens is 571 g/mol. The number of carbonyl (C=O) groups excluding carboxylic acids is 2. The molecule has 3 aromatic carbocycles. The Labute approximate surface area is 246 Å². The topological polar surface area (TPSA) is 98.7 Å². The molecule has 3 N–H and O–H groups in total. The molecule has 3 aromatic rings. The van der Waals surface area contributed by atoms with Crippen LogP contribution in [-0.2, 0) is 17.5 Å². The van der Waals surface area contributed by atoms with Crippen LogP contribution in [0.5, 0.6) is 0 Å². The number of anilines is 2. The first-order valence-electron chi connectivity index (χ1n) is 13.7. The molecule has 0 atom stereocenters. The number of aliphatic carboxylic acids is 1. The number of halogens is 4. The molecule has 0 unspecified atom stereocenters. The van der Waals surface area contributed by atoms with Crippen LogP contribution in [0, 0.1) is 0 Å². The molecule has 0 heterocycles. The standard InChI is InChI=1S/C31H31ClF3N3O4/c32-27-15-12-24(18-26(27)31(33,34)35)37-30(42)38(25-13-10-22(11-14-25)21-4-2-1-3-5-21)19-20-6-8-23(9-7-20)29(41)36-17-16-28(39)40/h6-15,18,21H,1-5,16-17,19H2,(H,36,41)(H,37,42)(H,39,40). The number of nitrogens with zero attached hydrogens (tertiary/aromatic N) is 1. The van der Waals surface area contributed by atoms with Gasteiger partial charge in [-0.3, -0.25) is 14.5 Å². The lowest BCUT2D eigenvalue weighted by Gasteiger charge is -2.26. The second kappa shape index (κ2) is 13.7. The fourth-order valence-corrected chi connectivity index (χ4v) is 5.21. The number of hydrogen-bond acceptors (Lipinski definition) is 3. The molecule has 1 fully saturated rings. The van der Waals surface area contributed by atoms with Crippen molar-refractivity contribution in [2.75, 3.05) is 16.8 Å². The van der Waals surface area contributed by atoms with E-state index in [1.54, 1.807) is 24.3 Å². The second-order valence-electron chi connectivity index (χ2n) is 10.2. The number of carboxylic acids is 1. The molecule has 1 aliphatic carbocycles. The Morgan fingerprint density at radius 2 is 1.60 bits per heavy atom. The van der Waals surface area contributed by atoms with Gasteiger partial charge in [0.05, 0.1) is 23.6 Å². The van der Waals surface area contributed by atoms with Crippen molar-refractivity contribution in [3.05, 3.63) is 94.0 Å². The van der Waals surface area contributed by atoms with Gasteiger partial charge in [-0.05, 0) is 72.4 Å². The number of carboxylic acid groups (broad SMARTS) is 1.